The van der Waals surface area contributed by atoms with Gasteiger partial charge in [-0.15, -0.1) is 0 Å². The molecule has 2 aliphatic rings. The van der Waals surface area contributed by atoms with Gasteiger partial charge in [0.2, 0.25) is 0 Å². The molecule has 15 heavy (non-hydrogen) atoms. The minimum absolute atomic E-state index is 0.107. The second-order valence-corrected chi connectivity index (χ2v) is 5.15. The van der Waals surface area contributed by atoms with Crippen LogP contribution in [0.4, 0.5) is 0 Å². The molecule has 0 bridgehead atoms. The molecule has 0 spiro atoms. The maximum atomic E-state index is 5.94. The van der Waals surface area contributed by atoms with Crippen molar-refractivity contribution < 1.29 is 4.74 Å². The van der Waals surface area contributed by atoms with Gasteiger partial charge >= 0.3 is 0 Å². The summed E-state index contributed by atoms with van der Waals surface area (Å²) in [7, 11) is 1.72. The van der Waals surface area contributed by atoms with Crippen LogP contribution in [0, 0.1) is 5.41 Å². The standard InChI is InChI=1S/C11H21N3O/c1-10(4-5-10)11(2)8-13-9(12)14(11)6-7-15-3/h4-8H2,1-3H3,(H2,12,13). The summed E-state index contributed by atoms with van der Waals surface area (Å²) in [4.78, 5) is 6.62. The van der Waals surface area contributed by atoms with Crippen LogP contribution in [0.3, 0.4) is 0 Å². The molecule has 4 nitrogen and oxygen atoms in total. The van der Waals surface area contributed by atoms with Gasteiger partial charge in [0.05, 0.1) is 18.7 Å². The van der Waals surface area contributed by atoms with E-state index in [-0.39, 0.29) is 5.54 Å². The second-order valence-electron chi connectivity index (χ2n) is 5.15. The molecule has 0 aromatic rings. The maximum Gasteiger partial charge on any atom is 0.191 e. The Kier molecular flexibility index (Phi) is 2.41. The minimum atomic E-state index is 0.107. The Hall–Kier alpha value is -0.770. The fourth-order valence-corrected chi connectivity index (χ4v) is 2.45. The first kappa shape index (κ1) is 10.7. The number of rotatable bonds is 4. The average molecular weight is 211 g/mol. The van der Waals surface area contributed by atoms with Crippen LogP contribution in [-0.4, -0.2) is 43.2 Å². The highest BCUT2D eigenvalue weighted by Crippen LogP contribution is 2.57. The molecular formula is C11H21N3O. The van der Waals surface area contributed by atoms with Gasteiger partial charge in [0, 0.05) is 13.7 Å². The van der Waals surface area contributed by atoms with Crippen LogP contribution in [0.2, 0.25) is 0 Å². The molecule has 2 rings (SSSR count). The highest BCUT2D eigenvalue weighted by molar-refractivity contribution is 5.81. The molecule has 1 unspecified atom stereocenters. The number of guanidine groups is 1. The normalized spacial score (nSPS) is 33.0. The van der Waals surface area contributed by atoms with Crippen molar-refractivity contribution in [2.75, 3.05) is 26.8 Å². The van der Waals surface area contributed by atoms with Gasteiger partial charge in [0.15, 0.2) is 5.96 Å². The van der Waals surface area contributed by atoms with Gasteiger partial charge in [-0.1, -0.05) is 6.92 Å². The van der Waals surface area contributed by atoms with E-state index < -0.39 is 0 Å². The van der Waals surface area contributed by atoms with Gasteiger partial charge in [-0.25, -0.2) is 0 Å². The van der Waals surface area contributed by atoms with Gasteiger partial charge in [0.1, 0.15) is 0 Å². The Morgan fingerprint density at radius 2 is 2.13 bits per heavy atom. The quantitative estimate of drug-likeness (QED) is 0.749. The molecule has 1 aliphatic heterocycles. The first-order valence-corrected chi connectivity index (χ1v) is 5.60. The highest BCUT2D eigenvalue weighted by Gasteiger charge is 2.58. The second kappa shape index (κ2) is 3.37. The number of ether oxygens (including phenoxy) is 1. The van der Waals surface area contributed by atoms with Crippen molar-refractivity contribution in [3.05, 3.63) is 0 Å². The Morgan fingerprint density at radius 1 is 1.47 bits per heavy atom. The third-order valence-corrected chi connectivity index (χ3v) is 4.24. The van der Waals surface area contributed by atoms with Gasteiger partial charge in [-0.2, -0.15) is 0 Å². The van der Waals surface area contributed by atoms with E-state index in [2.05, 4.69) is 23.7 Å². The van der Waals surface area contributed by atoms with E-state index in [0.717, 1.165) is 13.1 Å². The summed E-state index contributed by atoms with van der Waals surface area (Å²) in [5.74, 6) is 0.683. The number of nitrogens with two attached hydrogens (primary N) is 1. The molecule has 1 aliphatic carbocycles. The Labute approximate surface area is 91.5 Å². The summed E-state index contributed by atoms with van der Waals surface area (Å²) in [6.07, 6.45) is 2.57. The zero-order valence-electron chi connectivity index (χ0n) is 9.92. The summed E-state index contributed by atoms with van der Waals surface area (Å²) in [5, 5.41) is 0. The fraction of sp³-hybridized carbons (Fsp3) is 0.909. The molecule has 1 heterocycles. The van der Waals surface area contributed by atoms with Crippen molar-refractivity contribution in [1.29, 1.82) is 0 Å². The molecule has 0 aromatic carbocycles. The number of hydrogen-bond acceptors (Lipinski definition) is 4. The molecule has 0 radical (unpaired) electrons. The topological polar surface area (TPSA) is 50.9 Å². The van der Waals surface area contributed by atoms with E-state index in [1.807, 2.05) is 0 Å². The molecule has 86 valence electrons. The van der Waals surface area contributed by atoms with E-state index in [9.17, 15) is 0 Å². The predicted molar refractivity (Wildman–Crippen MR) is 60.8 cm³/mol. The van der Waals surface area contributed by atoms with Gasteiger partial charge in [-0.05, 0) is 25.2 Å². The third kappa shape index (κ3) is 1.51. The van der Waals surface area contributed by atoms with Crippen LogP contribution < -0.4 is 5.73 Å². The molecule has 0 amide bonds. The van der Waals surface area contributed by atoms with Gasteiger partial charge < -0.3 is 15.4 Å². The molecule has 0 aromatic heterocycles. The summed E-state index contributed by atoms with van der Waals surface area (Å²) in [5.41, 5.74) is 6.44. The van der Waals surface area contributed by atoms with Crippen LogP contribution in [-0.2, 0) is 4.74 Å². The zero-order chi connectivity index (χ0) is 11.1. The monoisotopic (exact) mass is 211 g/mol. The first-order valence-electron chi connectivity index (χ1n) is 5.60. The lowest BCUT2D eigenvalue weighted by Gasteiger charge is -2.41. The van der Waals surface area contributed by atoms with Gasteiger partial charge in [-0.3, -0.25) is 4.99 Å². The SMILES string of the molecule is COCCN1C(N)=NCC1(C)C1(C)CC1. The molecule has 1 fully saturated rings. The number of methoxy groups -OCH3 is 1. The smallest absolute Gasteiger partial charge is 0.191 e. The zero-order valence-corrected chi connectivity index (χ0v) is 9.92. The van der Waals surface area contributed by atoms with E-state index in [0.29, 0.717) is 18.0 Å². The fourth-order valence-electron chi connectivity index (χ4n) is 2.45. The number of hydrogen-bond donors (Lipinski definition) is 1. The Bertz CT molecular complexity index is 286. The van der Waals surface area contributed by atoms with E-state index in [4.69, 9.17) is 10.5 Å². The predicted octanol–water partition coefficient (Wildman–Crippen LogP) is 0.822. The van der Waals surface area contributed by atoms with Crippen LogP contribution in [0.15, 0.2) is 4.99 Å². The lowest BCUT2D eigenvalue weighted by molar-refractivity contribution is 0.0948. The summed E-state index contributed by atoms with van der Waals surface area (Å²) in [6.45, 7) is 7.00. The van der Waals surface area contributed by atoms with Crippen LogP contribution in [0.5, 0.6) is 0 Å². The third-order valence-electron chi connectivity index (χ3n) is 4.24. The highest BCUT2D eigenvalue weighted by atomic mass is 16.5. The van der Waals surface area contributed by atoms with Crippen LogP contribution in [0.25, 0.3) is 0 Å². The van der Waals surface area contributed by atoms with E-state index in [1.165, 1.54) is 12.8 Å². The van der Waals surface area contributed by atoms with Crippen molar-refractivity contribution in [2.45, 2.75) is 32.2 Å². The summed E-state index contributed by atoms with van der Waals surface area (Å²) in [6, 6.07) is 0. The molecular weight excluding hydrogens is 190 g/mol. The first-order chi connectivity index (χ1) is 7.03. The lowest BCUT2D eigenvalue weighted by Crippen LogP contribution is -2.55. The molecule has 2 N–H and O–H groups in total. The maximum absolute atomic E-state index is 5.94. The molecule has 4 heteroatoms. The van der Waals surface area contributed by atoms with Crippen molar-refractivity contribution in [3.8, 4) is 0 Å². The van der Waals surface area contributed by atoms with E-state index >= 15 is 0 Å². The minimum Gasteiger partial charge on any atom is -0.383 e. The summed E-state index contributed by atoms with van der Waals surface area (Å²) < 4.78 is 5.13. The Balaban J connectivity index is 2.12. The largest absolute Gasteiger partial charge is 0.383 e. The van der Waals surface area contributed by atoms with Crippen molar-refractivity contribution in [1.82, 2.24) is 4.90 Å². The van der Waals surface area contributed by atoms with Gasteiger partial charge in [0.25, 0.3) is 0 Å². The van der Waals surface area contributed by atoms with Crippen molar-refractivity contribution in [3.63, 3.8) is 0 Å². The molecule has 1 saturated carbocycles. The van der Waals surface area contributed by atoms with Crippen LogP contribution in [0.1, 0.15) is 26.7 Å². The number of aliphatic imine (C=N–C) groups is 1. The molecule has 1 atom stereocenters. The van der Waals surface area contributed by atoms with Crippen molar-refractivity contribution >= 4 is 5.96 Å². The lowest BCUT2D eigenvalue weighted by atomic mass is 9.83. The molecule has 0 saturated heterocycles. The van der Waals surface area contributed by atoms with Crippen molar-refractivity contribution in [2.24, 2.45) is 16.1 Å². The van der Waals surface area contributed by atoms with E-state index in [1.54, 1.807) is 7.11 Å². The Morgan fingerprint density at radius 3 is 2.67 bits per heavy atom. The average Bonchev–Trinajstić information content (AvgIpc) is 2.88. The van der Waals surface area contributed by atoms with Crippen LogP contribution >= 0.6 is 0 Å². The summed E-state index contributed by atoms with van der Waals surface area (Å²) >= 11 is 0. The number of nitrogens with zero attached hydrogens (tertiary/aromatic N) is 2.